The number of ether oxygens (including phenoxy) is 1. The molecule has 2 bridgehead atoms. The molecule has 0 amide bonds. The van der Waals surface area contributed by atoms with Gasteiger partial charge in [0.15, 0.2) is 0 Å². The van der Waals surface area contributed by atoms with Crippen LogP contribution in [0.2, 0.25) is 0 Å². The van der Waals surface area contributed by atoms with E-state index in [0.717, 1.165) is 38.9 Å². The van der Waals surface area contributed by atoms with Crippen molar-refractivity contribution in [2.24, 2.45) is 22.7 Å². The van der Waals surface area contributed by atoms with Gasteiger partial charge in [-0.25, -0.2) is 4.79 Å². The van der Waals surface area contributed by atoms with Crippen molar-refractivity contribution in [3.63, 3.8) is 0 Å². The fourth-order valence-corrected chi connectivity index (χ4v) is 7.13. The SMILES string of the molecule is CCCN(CCC)CC1C2CCC(C)(C1OC(=O)C(O)(c1ccccc1)c1ccccc1)C2(C)C. The lowest BCUT2D eigenvalue weighted by molar-refractivity contribution is -0.179. The van der Waals surface area contributed by atoms with Crippen LogP contribution in [0.5, 0.6) is 0 Å². The summed E-state index contributed by atoms with van der Waals surface area (Å²) in [5, 5.41) is 12.0. The number of carbonyl (C=O) groups is 1. The van der Waals surface area contributed by atoms with Crippen molar-refractivity contribution in [2.45, 2.75) is 72.0 Å². The first-order chi connectivity index (χ1) is 16.7. The first-order valence-electron chi connectivity index (χ1n) is 13.5. The first kappa shape index (κ1) is 25.9. The van der Waals surface area contributed by atoms with Gasteiger partial charge in [0.1, 0.15) is 6.10 Å². The number of hydrogen-bond donors (Lipinski definition) is 1. The molecule has 0 heterocycles. The summed E-state index contributed by atoms with van der Waals surface area (Å²) in [6.45, 7) is 14.5. The monoisotopic (exact) mass is 477 g/mol. The van der Waals surface area contributed by atoms with Crippen LogP contribution in [0.15, 0.2) is 60.7 Å². The number of aliphatic hydroxyl groups is 1. The number of fused-ring (bicyclic) bond motifs is 2. The molecule has 2 aromatic carbocycles. The summed E-state index contributed by atoms with van der Waals surface area (Å²) in [6, 6.07) is 18.4. The largest absolute Gasteiger partial charge is 0.459 e. The molecule has 2 aliphatic rings. The van der Waals surface area contributed by atoms with E-state index in [-0.39, 0.29) is 22.9 Å². The third-order valence-electron chi connectivity index (χ3n) is 9.37. The zero-order valence-corrected chi connectivity index (χ0v) is 22.2. The summed E-state index contributed by atoms with van der Waals surface area (Å²) in [5.41, 5.74) is -0.805. The molecule has 2 saturated carbocycles. The molecule has 4 atom stereocenters. The molecule has 2 aromatic rings. The highest BCUT2D eigenvalue weighted by Gasteiger charge is 2.68. The van der Waals surface area contributed by atoms with Gasteiger partial charge >= 0.3 is 5.97 Å². The molecule has 190 valence electrons. The van der Waals surface area contributed by atoms with Gasteiger partial charge in [-0.15, -0.1) is 0 Å². The molecule has 0 spiro atoms. The summed E-state index contributed by atoms with van der Waals surface area (Å²) in [4.78, 5) is 16.6. The Morgan fingerprint density at radius 3 is 1.97 bits per heavy atom. The summed E-state index contributed by atoms with van der Waals surface area (Å²) in [6.07, 6.45) is 4.24. The number of benzene rings is 2. The van der Waals surface area contributed by atoms with Gasteiger partial charge in [-0.3, -0.25) is 0 Å². The van der Waals surface area contributed by atoms with Gasteiger partial charge in [0.25, 0.3) is 0 Å². The topological polar surface area (TPSA) is 49.8 Å². The van der Waals surface area contributed by atoms with Crippen LogP contribution in [0.4, 0.5) is 0 Å². The van der Waals surface area contributed by atoms with E-state index in [0.29, 0.717) is 17.0 Å². The third-order valence-corrected chi connectivity index (χ3v) is 9.37. The fourth-order valence-electron chi connectivity index (χ4n) is 7.13. The molecule has 35 heavy (non-hydrogen) atoms. The molecule has 0 aliphatic heterocycles. The maximum Gasteiger partial charge on any atom is 0.347 e. The number of esters is 1. The predicted molar refractivity (Wildman–Crippen MR) is 141 cm³/mol. The van der Waals surface area contributed by atoms with E-state index in [1.165, 1.54) is 6.42 Å². The van der Waals surface area contributed by atoms with Crippen LogP contribution in [0, 0.1) is 22.7 Å². The quantitative estimate of drug-likeness (QED) is 0.425. The van der Waals surface area contributed by atoms with Crippen molar-refractivity contribution < 1.29 is 14.6 Å². The van der Waals surface area contributed by atoms with Crippen molar-refractivity contribution in [1.29, 1.82) is 0 Å². The second kappa shape index (κ2) is 10.1. The normalized spacial score (nSPS) is 27.3. The van der Waals surface area contributed by atoms with E-state index in [9.17, 15) is 9.90 Å². The number of nitrogens with zero attached hydrogens (tertiary/aromatic N) is 1. The fraction of sp³-hybridized carbons (Fsp3) is 0.581. The lowest BCUT2D eigenvalue weighted by Crippen LogP contribution is -2.48. The lowest BCUT2D eigenvalue weighted by atomic mass is 9.70. The van der Waals surface area contributed by atoms with E-state index >= 15 is 0 Å². The standard InChI is InChI=1S/C31H43NO3/c1-6-20-32(21-7-2)22-25-26-18-19-30(5,29(26,3)4)27(25)35-28(33)31(34,23-14-10-8-11-15-23)24-16-12-9-13-17-24/h8-17,25-27,34H,6-7,18-22H2,1-5H3. The van der Waals surface area contributed by atoms with Crippen LogP contribution in [-0.2, 0) is 15.1 Å². The molecule has 4 unspecified atom stereocenters. The minimum atomic E-state index is -1.85. The van der Waals surface area contributed by atoms with E-state index in [1.54, 1.807) is 0 Å². The van der Waals surface area contributed by atoms with Gasteiger partial charge in [0, 0.05) is 17.9 Å². The molecule has 0 saturated heterocycles. The molecule has 2 fully saturated rings. The number of rotatable bonds is 10. The Hall–Kier alpha value is -2.17. The average molecular weight is 478 g/mol. The van der Waals surface area contributed by atoms with Crippen LogP contribution in [0.25, 0.3) is 0 Å². The van der Waals surface area contributed by atoms with Gasteiger partial charge in [-0.1, -0.05) is 95.3 Å². The number of carbonyl (C=O) groups excluding carboxylic acids is 1. The molecule has 4 nitrogen and oxygen atoms in total. The van der Waals surface area contributed by atoms with E-state index in [4.69, 9.17) is 4.74 Å². The molecular formula is C31H43NO3. The molecule has 4 rings (SSSR count). The van der Waals surface area contributed by atoms with Crippen LogP contribution in [-0.4, -0.2) is 41.7 Å². The Balaban J connectivity index is 1.70. The summed E-state index contributed by atoms with van der Waals surface area (Å²) in [7, 11) is 0. The average Bonchev–Trinajstić information content (AvgIpc) is 3.18. The highest BCUT2D eigenvalue weighted by Crippen LogP contribution is 2.68. The molecule has 4 heteroatoms. The van der Waals surface area contributed by atoms with Crippen LogP contribution < -0.4 is 0 Å². The maximum absolute atomic E-state index is 14.0. The van der Waals surface area contributed by atoms with Gasteiger partial charge < -0.3 is 14.7 Å². The van der Waals surface area contributed by atoms with Crippen molar-refractivity contribution in [3.8, 4) is 0 Å². The van der Waals surface area contributed by atoms with Gasteiger partial charge in [0.2, 0.25) is 5.60 Å². The highest BCUT2D eigenvalue weighted by atomic mass is 16.6. The van der Waals surface area contributed by atoms with Crippen molar-refractivity contribution in [3.05, 3.63) is 71.8 Å². The Morgan fingerprint density at radius 1 is 0.971 bits per heavy atom. The molecule has 1 N–H and O–H groups in total. The second-order valence-electron chi connectivity index (χ2n) is 11.5. The maximum atomic E-state index is 14.0. The Labute approximate surface area is 211 Å². The summed E-state index contributed by atoms with van der Waals surface area (Å²) < 4.78 is 6.51. The van der Waals surface area contributed by atoms with Crippen molar-refractivity contribution in [2.75, 3.05) is 19.6 Å². The van der Waals surface area contributed by atoms with Crippen LogP contribution in [0.1, 0.15) is 71.4 Å². The molecular weight excluding hydrogens is 434 g/mol. The summed E-state index contributed by atoms with van der Waals surface area (Å²) in [5.74, 6) is 0.205. The van der Waals surface area contributed by atoms with Gasteiger partial charge in [0.05, 0.1) is 0 Å². The second-order valence-corrected chi connectivity index (χ2v) is 11.5. The third kappa shape index (κ3) is 4.34. The van der Waals surface area contributed by atoms with Crippen LogP contribution >= 0.6 is 0 Å². The number of hydrogen-bond acceptors (Lipinski definition) is 4. The minimum Gasteiger partial charge on any atom is -0.459 e. The predicted octanol–water partition coefficient (Wildman–Crippen LogP) is 6.03. The van der Waals surface area contributed by atoms with Crippen LogP contribution in [0.3, 0.4) is 0 Å². The Morgan fingerprint density at radius 2 is 1.49 bits per heavy atom. The molecule has 2 aliphatic carbocycles. The molecule has 0 aromatic heterocycles. The molecule has 0 radical (unpaired) electrons. The lowest BCUT2D eigenvalue weighted by Gasteiger charge is -2.42. The van der Waals surface area contributed by atoms with E-state index in [2.05, 4.69) is 39.5 Å². The van der Waals surface area contributed by atoms with Gasteiger partial charge in [-0.05, 0) is 61.2 Å². The van der Waals surface area contributed by atoms with E-state index < -0.39 is 11.6 Å². The minimum absolute atomic E-state index is 0.0737. The first-order valence-corrected chi connectivity index (χ1v) is 13.5. The van der Waals surface area contributed by atoms with Gasteiger partial charge in [-0.2, -0.15) is 0 Å². The zero-order chi connectivity index (χ0) is 25.3. The van der Waals surface area contributed by atoms with E-state index in [1.807, 2.05) is 60.7 Å². The highest BCUT2D eigenvalue weighted by molar-refractivity contribution is 5.85. The van der Waals surface area contributed by atoms with Crippen molar-refractivity contribution >= 4 is 5.97 Å². The van der Waals surface area contributed by atoms with Crippen molar-refractivity contribution in [1.82, 2.24) is 4.90 Å². The summed E-state index contributed by atoms with van der Waals surface area (Å²) >= 11 is 0. The Bertz CT molecular complexity index is 943. The zero-order valence-electron chi connectivity index (χ0n) is 22.2. The Kier molecular flexibility index (Phi) is 7.45. The smallest absolute Gasteiger partial charge is 0.347 e.